The van der Waals surface area contributed by atoms with Crippen LogP contribution in [0.5, 0.6) is 0 Å². The normalized spacial score (nSPS) is 10.5. The van der Waals surface area contributed by atoms with Gasteiger partial charge in [-0.25, -0.2) is 14.2 Å². The van der Waals surface area contributed by atoms with E-state index < -0.39 is 11.8 Å². The summed E-state index contributed by atoms with van der Waals surface area (Å²) in [5.74, 6) is -1.41. The number of hydrogen-bond donors (Lipinski definition) is 0. The largest absolute Gasteiger partial charge is 0.461 e. The maximum absolute atomic E-state index is 13.9. The van der Waals surface area contributed by atoms with E-state index in [0.29, 0.717) is 5.01 Å². The van der Waals surface area contributed by atoms with Gasteiger partial charge in [0.05, 0.1) is 6.61 Å². The van der Waals surface area contributed by atoms with Crippen LogP contribution in [0.4, 0.5) is 4.39 Å². The smallest absolute Gasteiger partial charge is 0.358 e. The number of aromatic nitrogens is 1. The van der Waals surface area contributed by atoms with Gasteiger partial charge in [-0.05, 0) is 26.0 Å². The molecular formula is C15H14FNO3S. The molecule has 0 radical (unpaired) electrons. The predicted molar refractivity (Wildman–Crippen MR) is 78.2 cm³/mol. The molecule has 0 aliphatic rings. The van der Waals surface area contributed by atoms with Crippen molar-refractivity contribution in [2.45, 2.75) is 20.8 Å². The zero-order valence-corrected chi connectivity index (χ0v) is 12.7. The Balaban J connectivity index is 2.56. The molecule has 0 unspecified atom stereocenters. The molecule has 0 atom stereocenters. The Morgan fingerprint density at radius 2 is 2.10 bits per heavy atom. The first-order chi connectivity index (χ1) is 9.93. The van der Waals surface area contributed by atoms with Gasteiger partial charge in [-0.1, -0.05) is 11.6 Å². The minimum Gasteiger partial charge on any atom is -0.461 e. The van der Waals surface area contributed by atoms with Crippen LogP contribution in [-0.4, -0.2) is 23.3 Å². The lowest BCUT2D eigenvalue weighted by Crippen LogP contribution is -2.09. The summed E-state index contributed by atoms with van der Waals surface area (Å²) in [6.07, 6.45) is 0. The monoisotopic (exact) mass is 307 g/mol. The molecule has 0 saturated heterocycles. The molecule has 1 aromatic heterocycles. The quantitative estimate of drug-likeness (QED) is 0.639. The van der Waals surface area contributed by atoms with Crippen LogP contribution in [0.2, 0.25) is 0 Å². The van der Waals surface area contributed by atoms with Gasteiger partial charge >= 0.3 is 5.97 Å². The van der Waals surface area contributed by atoms with Gasteiger partial charge in [-0.3, -0.25) is 4.79 Å². The van der Waals surface area contributed by atoms with Crippen molar-refractivity contribution >= 4 is 23.1 Å². The maximum Gasteiger partial charge on any atom is 0.358 e. The van der Waals surface area contributed by atoms with Crippen molar-refractivity contribution < 1.29 is 18.7 Å². The standard InChI is InChI=1S/C15H14FNO3S/c1-4-20-15(19)12-13(9(3)18)21-14(17-12)10-7-8(2)5-6-11(10)16/h5-7H,4H2,1-3H3. The maximum atomic E-state index is 13.9. The number of ether oxygens (including phenoxy) is 1. The van der Waals surface area contributed by atoms with Crippen molar-refractivity contribution in [2.24, 2.45) is 0 Å². The summed E-state index contributed by atoms with van der Waals surface area (Å²) in [5.41, 5.74) is 1.09. The number of nitrogens with zero attached hydrogens (tertiary/aromatic N) is 1. The van der Waals surface area contributed by atoms with E-state index in [0.717, 1.165) is 16.9 Å². The molecule has 1 heterocycles. The number of benzene rings is 1. The molecule has 110 valence electrons. The molecule has 21 heavy (non-hydrogen) atoms. The molecular weight excluding hydrogens is 293 g/mol. The zero-order valence-electron chi connectivity index (χ0n) is 11.9. The Kier molecular flexibility index (Phi) is 4.47. The van der Waals surface area contributed by atoms with Gasteiger partial charge in [-0.2, -0.15) is 0 Å². The third-order valence-electron chi connectivity index (χ3n) is 2.77. The number of aryl methyl sites for hydroxylation is 1. The van der Waals surface area contributed by atoms with Crippen LogP contribution in [0.1, 0.15) is 39.6 Å². The Hall–Kier alpha value is -2.08. The first-order valence-corrected chi connectivity index (χ1v) is 7.21. The molecule has 0 saturated carbocycles. The highest BCUT2D eigenvalue weighted by Gasteiger charge is 2.23. The highest BCUT2D eigenvalue weighted by atomic mass is 32.1. The van der Waals surface area contributed by atoms with E-state index in [1.807, 2.05) is 6.92 Å². The fraction of sp³-hybridized carbons (Fsp3) is 0.267. The third kappa shape index (κ3) is 3.16. The number of carbonyl (C=O) groups excluding carboxylic acids is 2. The number of rotatable bonds is 4. The van der Waals surface area contributed by atoms with E-state index in [1.165, 1.54) is 13.0 Å². The number of carbonyl (C=O) groups is 2. The molecule has 2 rings (SSSR count). The van der Waals surface area contributed by atoms with Crippen molar-refractivity contribution in [3.8, 4) is 10.6 Å². The van der Waals surface area contributed by atoms with E-state index in [4.69, 9.17) is 4.74 Å². The van der Waals surface area contributed by atoms with Gasteiger partial charge in [0.2, 0.25) is 0 Å². The summed E-state index contributed by atoms with van der Waals surface area (Å²) < 4.78 is 18.8. The molecule has 0 fully saturated rings. The van der Waals surface area contributed by atoms with Crippen molar-refractivity contribution in [3.63, 3.8) is 0 Å². The highest BCUT2D eigenvalue weighted by molar-refractivity contribution is 7.17. The first-order valence-electron chi connectivity index (χ1n) is 6.39. The lowest BCUT2D eigenvalue weighted by Gasteiger charge is -2.00. The Morgan fingerprint density at radius 3 is 2.71 bits per heavy atom. The van der Waals surface area contributed by atoms with Crippen LogP contribution < -0.4 is 0 Å². The lowest BCUT2D eigenvalue weighted by atomic mass is 10.1. The van der Waals surface area contributed by atoms with Crippen molar-refractivity contribution in [2.75, 3.05) is 6.61 Å². The Morgan fingerprint density at radius 1 is 1.38 bits per heavy atom. The number of Topliss-reactive ketones (excluding diaryl/α,β-unsaturated/α-hetero) is 1. The SMILES string of the molecule is CCOC(=O)c1nc(-c2cc(C)ccc2F)sc1C(C)=O. The zero-order chi connectivity index (χ0) is 15.6. The lowest BCUT2D eigenvalue weighted by molar-refractivity contribution is 0.0517. The fourth-order valence-electron chi connectivity index (χ4n) is 1.81. The Bertz CT molecular complexity index is 709. The van der Waals surface area contributed by atoms with Gasteiger partial charge < -0.3 is 4.74 Å². The summed E-state index contributed by atoms with van der Waals surface area (Å²) in [6.45, 7) is 5.02. The van der Waals surface area contributed by atoms with Crippen molar-refractivity contribution in [1.29, 1.82) is 0 Å². The van der Waals surface area contributed by atoms with Crippen LogP contribution in [0, 0.1) is 12.7 Å². The van der Waals surface area contributed by atoms with Crippen LogP contribution in [-0.2, 0) is 4.74 Å². The number of ketones is 1. The molecule has 0 aliphatic heterocycles. The Labute approximate surface area is 125 Å². The summed E-state index contributed by atoms with van der Waals surface area (Å²) in [7, 11) is 0. The fourth-order valence-corrected chi connectivity index (χ4v) is 2.78. The molecule has 1 aromatic carbocycles. The van der Waals surface area contributed by atoms with Gasteiger partial charge in [0.15, 0.2) is 11.5 Å². The summed E-state index contributed by atoms with van der Waals surface area (Å²) >= 11 is 0.996. The van der Waals surface area contributed by atoms with Gasteiger partial charge in [0.25, 0.3) is 0 Å². The van der Waals surface area contributed by atoms with Crippen LogP contribution in [0.25, 0.3) is 10.6 Å². The minimum absolute atomic E-state index is 0.0507. The predicted octanol–water partition coefficient (Wildman–Crippen LogP) is 3.64. The molecule has 0 N–H and O–H groups in total. The van der Waals surface area contributed by atoms with Crippen LogP contribution in [0.3, 0.4) is 0 Å². The number of hydrogen-bond acceptors (Lipinski definition) is 5. The van der Waals surface area contributed by atoms with E-state index in [1.54, 1.807) is 19.1 Å². The second-order valence-electron chi connectivity index (χ2n) is 4.46. The third-order valence-corrected chi connectivity index (χ3v) is 3.96. The van der Waals surface area contributed by atoms with Crippen molar-refractivity contribution in [1.82, 2.24) is 4.98 Å². The molecule has 0 aliphatic carbocycles. The first kappa shape index (κ1) is 15.3. The topological polar surface area (TPSA) is 56.3 Å². The molecule has 0 amide bonds. The van der Waals surface area contributed by atoms with Gasteiger partial charge in [-0.15, -0.1) is 11.3 Å². The van der Waals surface area contributed by atoms with E-state index >= 15 is 0 Å². The van der Waals surface area contributed by atoms with E-state index in [9.17, 15) is 14.0 Å². The van der Waals surface area contributed by atoms with Gasteiger partial charge in [0.1, 0.15) is 15.7 Å². The van der Waals surface area contributed by atoms with Gasteiger partial charge in [0, 0.05) is 12.5 Å². The van der Waals surface area contributed by atoms with Crippen LogP contribution in [0.15, 0.2) is 18.2 Å². The second-order valence-corrected chi connectivity index (χ2v) is 5.46. The number of thiazole rings is 1. The molecule has 0 spiro atoms. The average Bonchev–Trinajstić information content (AvgIpc) is 2.87. The summed E-state index contributed by atoms with van der Waals surface area (Å²) in [6, 6.07) is 4.61. The van der Waals surface area contributed by atoms with Crippen LogP contribution >= 0.6 is 11.3 Å². The molecule has 0 bridgehead atoms. The minimum atomic E-state index is -0.668. The summed E-state index contributed by atoms with van der Waals surface area (Å²) in [5, 5.41) is 0.296. The van der Waals surface area contributed by atoms with E-state index in [2.05, 4.69) is 4.98 Å². The summed E-state index contributed by atoms with van der Waals surface area (Å²) in [4.78, 5) is 27.8. The second kappa shape index (κ2) is 6.13. The molecule has 2 aromatic rings. The highest BCUT2D eigenvalue weighted by Crippen LogP contribution is 2.31. The van der Waals surface area contributed by atoms with E-state index in [-0.39, 0.29) is 28.5 Å². The average molecular weight is 307 g/mol. The number of halogens is 1. The molecule has 4 nitrogen and oxygen atoms in total. The number of esters is 1. The van der Waals surface area contributed by atoms with Crippen molar-refractivity contribution in [3.05, 3.63) is 40.2 Å². The molecule has 6 heteroatoms.